The Bertz CT molecular complexity index is 1160. The van der Waals surface area contributed by atoms with Crippen molar-refractivity contribution >= 4 is 21.6 Å². The van der Waals surface area contributed by atoms with Gasteiger partial charge in [0, 0.05) is 12.8 Å². The molecule has 2 aliphatic carbocycles. The van der Waals surface area contributed by atoms with Crippen molar-refractivity contribution in [2.24, 2.45) is 9.50 Å². The van der Waals surface area contributed by atoms with E-state index in [9.17, 15) is 9.00 Å². The molecule has 30 heavy (non-hydrogen) atoms. The number of carbonyl (C=O) groups excluding carboxylic acids is 1. The Balaban J connectivity index is 1.44. The van der Waals surface area contributed by atoms with Crippen LogP contribution < -0.4 is 15.2 Å². The largest absolute Gasteiger partial charge is 0.469 e. The second-order valence-electron chi connectivity index (χ2n) is 8.20. The molecule has 2 amide bonds. The Kier molecular flexibility index (Phi) is 4.60. The molecule has 0 bridgehead atoms. The first kappa shape index (κ1) is 19.5. The van der Waals surface area contributed by atoms with Gasteiger partial charge in [0.1, 0.15) is 11.0 Å². The van der Waals surface area contributed by atoms with Gasteiger partial charge >= 0.3 is 6.03 Å². The first-order valence-electron chi connectivity index (χ1n) is 10.1. The Morgan fingerprint density at radius 3 is 3.07 bits per heavy atom. The van der Waals surface area contributed by atoms with Gasteiger partial charge in [-0.15, -0.1) is 4.36 Å². The van der Waals surface area contributed by atoms with E-state index in [0.717, 1.165) is 31.4 Å². The van der Waals surface area contributed by atoms with E-state index in [0.29, 0.717) is 19.1 Å². The molecule has 0 saturated heterocycles. The molecule has 2 heterocycles. The number of hydrogen-bond acceptors (Lipinski definition) is 5. The molecule has 9 nitrogen and oxygen atoms in total. The van der Waals surface area contributed by atoms with Crippen molar-refractivity contribution < 1.29 is 18.5 Å². The Morgan fingerprint density at radius 2 is 2.30 bits per heavy atom. The molecule has 0 spiro atoms. The molecule has 0 saturated carbocycles. The number of fused-ring (bicyclic) bond motifs is 3. The van der Waals surface area contributed by atoms with Crippen LogP contribution in [0.5, 0.6) is 5.88 Å². The normalized spacial score (nSPS) is 22.9. The van der Waals surface area contributed by atoms with E-state index in [-0.39, 0.29) is 16.9 Å². The number of anilines is 1. The topological polar surface area (TPSA) is 121 Å². The lowest BCUT2D eigenvalue weighted by Gasteiger charge is -2.31. The van der Waals surface area contributed by atoms with Gasteiger partial charge in [0.15, 0.2) is 9.92 Å². The third-order valence-electron chi connectivity index (χ3n) is 6.08. The molecule has 10 heteroatoms. The third kappa shape index (κ3) is 3.10. The minimum atomic E-state index is -3.52. The van der Waals surface area contributed by atoms with E-state index in [1.54, 1.807) is 11.8 Å². The van der Waals surface area contributed by atoms with Gasteiger partial charge in [0.2, 0.25) is 5.88 Å². The van der Waals surface area contributed by atoms with Crippen LogP contribution in [0.3, 0.4) is 0 Å². The van der Waals surface area contributed by atoms with Crippen LogP contribution in [-0.4, -0.2) is 39.8 Å². The number of amides is 2. The fourth-order valence-electron chi connectivity index (χ4n) is 4.77. The van der Waals surface area contributed by atoms with Gasteiger partial charge < -0.3 is 14.8 Å². The number of aryl methyl sites for hydroxylation is 1. The zero-order valence-corrected chi connectivity index (χ0v) is 17.8. The molecule has 1 aliphatic heterocycles. The maximum atomic E-state index is 13.1. The number of urea groups is 1. The van der Waals surface area contributed by atoms with Crippen molar-refractivity contribution in [1.82, 2.24) is 9.78 Å². The van der Waals surface area contributed by atoms with Crippen LogP contribution in [0.4, 0.5) is 10.5 Å². The summed E-state index contributed by atoms with van der Waals surface area (Å²) in [5.74, 6) is 0.660. The fraction of sp³-hybridized carbons (Fsp3) is 0.500. The number of ether oxygens (including phenoxy) is 2. The highest BCUT2D eigenvalue weighted by Crippen LogP contribution is 2.45. The summed E-state index contributed by atoms with van der Waals surface area (Å²) < 4.78 is 29.4. The zero-order chi connectivity index (χ0) is 21.0. The highest BCUT2D eigenvalue weighted by Gasteiger charge is 2.33. The van der Waals surface area contributed by atoms with Crippen LogP contribution in [0, 0.1) is 0 Å². The number of aromatic nitrogens is 2. The van der Waals surface area contributed by atoms with E-state index < -0.39 is 15.9 Å². The Labute approximate surface area is 175 Å². The van der Waals surface area contributed by atoms with Gasteiger partial charge in [-0.2, -0.15) is 5.10 Å². The predicted octanol–water partition coefficient (Wildman–Crippen LogP) is 2.37. The monoisotopic (exact) mass is 431 g/mol. The molecule has 0 fully saturated rings. The number of hydrogen-bond donors (Lipinski definition) is 2. The molecule has 3 atom stereocenters. The molecule has 0 unspecified atom stereocenters. The summed E-state index contributed by atoms with van der Waals surface area (Å²) >= 11 is 0. The van der Waals surface area contributed by atoms with Gasteiger partial charge in [0.25, 0.3) is 0 Å². The maximum absolute atomic E-state index is 13.1. The number of nitrogens with one attached hydrogen (secondary N) is 1. The van der Waals surface area contributed by atoms with Crippen molar-refractivity contribution in [3.63, 3.8) is 0 Å². The SMILES string of the molecule is COC[C@H]1Cn2ncc([S@@](N)(=O)=NC(=O)Nc3c4c(cc5c3[C@H](C)C5)CCC4)c2O1. The zero-order valence-electron chi connectivity index (χ0n) is 17.0. The van der Waals surface area contributed by atoms with Crippen LogP contribution in [0.15, 0.2) is 21.5 Å². The van der Waals surface area contributed by atoms with Gasteiger partial charge in [0.05, 0.1) is 19.3 Å². The first-order chi connectivity index (χ1) is 14.4. The summed E-state index contributed by atoms with van der Waals surface area (Å²) in [6.07, 6.45) is 5.14. The molecule has 0 radical (unpaired) electrons. The number of nitrogens with zero attached hydrogens (tertiary/aromatic N) is 3. The molecule has 3 aliphatic rings. The summed E-state index contributed by atoms with van der Waals surface area (Å²) in [6, 6.07) is 1.55. The second-order valence-corrected chi connectivity index (χ2v) is 9.96. The summed E-state index contributed by atoms with van der Waals surface area (Å²) in [4.78, 5) is 12.9. The van der Waals surface area contributed by atoms with Crippen LogP contribution in [0.2, 0.25) is 0 Å². The smallest absolute Gasteiger partial charge is 0.354 e. The number of methoxy groups -OCH3 is 1. The molecular formula is C20H25N5O4S. The number of benzene rings is 1. The molecule has 1 aromatic carbocycles. The minimum absolute atomic E-state index is 0.121. The average molecular weight is 432 g/mol. The van der Waals surface area contributed by atoms with E-state index in [1.165, 1.54) is 28.5 Å². The molecule has 1 aromatic heterocycles. The summed E-state index contributed by atoms with van der Waals surface area (Å²) in [6.45, 7) is 2.98. The van der Waals surface area contributed by atoms with Gasteiger partial charge in [-0.3, -0.25) is 0 Å². The van der Waals surface area contributed by atoms with Gasteiger partial charge in [-0.05, 0) is 53.9 Å². The summed E-state index contributed by atoms with van der Waals surface area (Å²) in [5.41, 5.74) is 5.74. The van der Waals surface area contributed by atoms with E-state index in [1.807, 2.05) is 0 Å². The fourth-order valence-corrected chi connectivity index (χ4v) is 5.76. The van der Waals surface area contributed by atoms with E-state index in [2.05, 4.69) is 27.8 Å². The first-order valence-corrected chi connectivity index (χ1v) is 11.7. The molecule has 3 N–H and O–H groups in total. The van der Waals surface area contributed by atoms with Crippen molar-refractivity contribution in [3.05, 3.63) is 34.5 Å². The van der Waals surface area contributed by atoms with Gasteiger partial charge in [-0.1, -0.05) is 13.0 Å². The quantitative estimate of drug-likeness (QED) is 0.770. The third-order valence-corrected chi connectivity index (χ3v) is 7.42. The van der Waals surface area contributed by atoms with Crippen LogP contribution in [0.25, 0.3) is 0 Å². The molecule has 5 rings (SSSR count). The molecule has 2 aromatic rings. The van der Waals surface area contributed by atoms with Crippen LogP contribution >= 0.6 is 0 Å². The predicted molar refractivity (Wildman–Crippen MR) is 111 cm³/mol. The average Bonchev–Trinajstić information content (AvgIpc) is 3.35. The number of carbonyl (C=O) groups is 1. The summed E-state index contributed by atoms with van der Waals surface area (Å²) in [7, 11) is -1.94. The van der Waals surface area contributed by atoms with Crippen molar-refractivity contribution in [3.8, 4) is 5.88 Å². The van der Waals surface area contributed by atoms with Crippen LogP contribution in [0.1, 0.15) is 41.5 Å². The number of rotatable bonds is 4. The lowest BCUT2D eigenvalue weighted by molar-refractivity contribution is 0.0920. The van der Waals surface area contributed by atoms with Crippen LogP contribution in [-0.2, 0) is 40.5 Å². The highest BCUT2D eigenvalue weighted by molar-refractivity contribution is 7.91. The number of nitrogens with two attached hydrogens (primary N) is 1. The van der Waals surface area contributed by atoms with Crippen molar-refractivity contribution in [2.75, 3.05) is 19.0 Å². The Morgan fingerprint density at radius 1 is 1.47 bits per heavy atom. The van der Waals surface area contributed by atoms with Gasteiger partial charge in [-0.25, -0.2) is 18.8 Å². The van der Waals surface area contributed by atoms with E-state index >= 15 is 0 Å². The van der Waals surface area contributed by atoms with Crippen molar-refractivity contribution in [2.45, 2.75) is 56.1 Å². The lowest BCUT2D eigenvalue weighted by Crippen LogP contribution is -2.23. The Hall–Kier alpha value is -2.43. The maximum Gasteiger partial charge on any atom is 0.354 e. The highest BCUT2D eigenvalue weighted by atomic mass is 32.2. The molecular weight excluding hydrogens is 406 g/mol. The molecule has 160 valence electrons. The van der Waals surface area contributed by atoms with E-state index in [4.69, 9.17) is 14.6 Å². The van der Waals surface area contributed by atoms with Crippen molar-refractivity contribution in [1.29, 1.82) is 0 Å². The lowest BCUT2D eigenvalue weighted by atomic mass is 9.75. The second kappa shape index (κ2) is 7.07. The standard InChI is InChI=1S/C20H25N5O4S/c1-11-6-13-7-12-4-3-5-15(12)18(17(11)13)23-20(26)24-30(21,27)16-8-22-25-9-14(10-28-2)29-19(16)25/h7-8,11,14H,3-6,9-10H2,1-2H3,(H3,21,23,24,26,27)/t11-,14-,30+/m1/s1. The minimum Gasteiger partial charge on any atom is -0.469 e. The summed E-state index contributed by atoms with van der Waals surface area (Å²) in [5, 5.41) is 13.0.